The molecule has 0 saturated heterocycles. The van der Waals surface area contributed by atoms with E-state index >= 15 is 0 Å². The molecule has 0 radical (unpaired) electrons. The van der Waals surface area contributed by atoms with Crippen LogP contribution in [0.15, 0.2) is 66.7 Å². The summed E-state index contributed by atoms with van der Waals surface area (Å²) in [6.45, 7) is 1.85. The molecule has 1 atom stereocenters. The van der Waals surface area contributed by atoms with E-state index in [1.807, 2.05) is 55.5 Å². The van der Waals surface area contributed by atoms with Gasteiger partial charge in [-0.3, -0.25) is 9.59 Å². The molecular formula is C21H20N2O3. The molecule has 0 heterocycles. The van der Waals surface area contributed by atoms with Crippen LogP contribution in [0.5, 0.6) is 0 Å². The van der Waals surface area contributed by atoms with Crippen LogP contribution >= 0.6 is 0 Å². The number of benzene rings is 3. The number of anilines is 1. The highest BCUT2D eigenvalue weighted by Crippen LogP contribution is 2.23. The van der Waals surface area contributed by atoms with Crippen LogP contribution in [0.25, 0.3) is 10.8 Å². The maximum atomic E-state index is 12.0. The van der Waals surface area contributed by atoms with Gasteiger partial charge in [-0.05, 0) is 41.0 Å². The highest BCUT2D eigenvalue weighted by atomic mass is 16.3. The number of amides is 2. The van der Waals surface area contributed by atoms with Gasteiger partial charge in [0.1, 0.15) is 0 Å². The second-order valence-electron chi connectivity index (χ2n) is 6.12. The SMILES string of the molecule is Cc1cccc(NC(=O)C(=O)NCC(O)c2cccc3ccccc23)c1. The third-order valence-corrected chi connectivity index (χ3v) is 4.12. The van der Waals surface area contributed by atoms with E-state index in [0.29, 0.717) is 11.3 Å². The average molecular weight is 348 g/mol. The second-order valence-corrected chi connectivity index (χ2v) is 6.12. The van der Waals surface area contributed by atoms with Gasteiger partial charge in [-0.1, -0.05) is 54.6 Å². The molecule has 3 rings (SSSR count). The van der Waals surface area contributed by atoms with E-state index in [1.54, 1.807) is 18.2 Å². The molecule has 2 amide bonds. The molecule has 0 bridgehead atoms. The van der Waals surface area contributed by atoms with Crippen molar-refractivity contribution in [2.24, 2.45) is 0 Å². The predicted octanol–water partition coefficient (Wildman–Crippen LogP) is 2.94. The maximum Gasteiger partial charge on any atom is 0.313 e. The fourth-order valence-electron chi connectivity index (χ4n) is 2.83. The van der Waals surface area contributed by atoms with Crippen LogP contribution < -0.4 is 10.6 Å². The average Bonchev–Trinajstić information content (AvgIpc) is 2.65. The van der Waals surface area contributed by atoms with Crippen molar-refractivity contribution in [3.63, 3.8) is 0 Å². The Morgan fingerprint density at radius 3 is 2.50 bits per heavy atom. The van der Waals surface area contributed by atoms with Crippen molar-refractivity contribution in [1.29, 1.82) is 0 Å². The number of fused-ring (bicyclic) bond motifs is 1. The van der Waals surface area contributed by atoms with E-state index in [9.17, 15) is 14.7 Å². The summed E-state index contributed by atoms with van der Waals surface area (Å²) in [5, 5.41) is 17.4. The Morgan fingerprint density at radius 1 is 0.962 bits per heavy atom. The summed E-state index contributed by atoms with van der Waals surface area (Å²) in [7, 11) is 0. The fraction of sp³-hybridized carbons (Fsp3) is 0.143. The zero-order valence-electron chi connectivity index (χ0n) is 14.4. The summed E-state index contributed by atoms with van der Waals surface area (Å²) < 4.78 is 0. The Morgan fingerprint density at radius 2 is 1.69 bits per heavy atom. The highest BCUT2D eigenvalue weighted by molar-refractivity contribution is 6.39. The minimum atomic E-state index is -0.906. The summed E-state index contributed by atoms with van der Waals surface area (Å²) in [5.41, 5.74) is 2.25. The molecule has 0 fully saturated rings. The van der Waals surface area contributed by atoms with Gasteiger partial charge in [0.15, 0.2) is 0 Å². The third-order valence-electron chi connectivity index (χ3n) is 4.12. The van der Waals surface area contributed by atoms with Gasteiger partial charge < -0.3 is 15.7 Å². The Bertz CT molecular complexity index is 947. The summed E-state index contributed by atoms with van der Waals surface area (Å²) in [6, 6.07) is 20.5. The quantitative estimate of drug-likeness (QED) is 0.634. The minimum absolute atomic E-state index is 0.0475. The van der Waals surface area contributed by atoms with Gasteiger partial charge >= 0.3 is 11.8 Å². The largest absolute Gasteiger partial charge is 0.387 e. The Labute approximate surface area is 151 Å². The predicted molar refractivity (Wildman–Crippen MR) is 102 cm³/mol. The maximum absolute atomic E-state index is 12.0. The van der Waals surface area contributed by atoms with E-state index in [0.717, 1.165) is 16.3 Å². The number of nitrogens with one attached hydrogen (secondary N) is 2. The lowest BCUT2D eigenvalue weighted by molar-refractivity contribution is -0.136. The molecule has 5 nitrogen and oxygen atoms in total. The number of hydrogen-bond acceptors (Lipinski definition) is 3. The smallest absolute Gasteiger partial charge is 0.313 e. The van der Waals surface area contributed by atoms with Crippen LogP contribution in [-0.2, 0) is 9.59 Å². The first-order chi connectivity index (χ1) is 12.5. The van der Waals surface area contributed by atoms with Crippen LogP contribution in [0.3, 0.4) is 0 Å². The molecule has 0 aliphatic rings. The Kier molecular flexibility index (Phi) is 5.29. The first-order valence-electron chi connectivity index (χ1n) is 8.36. The second kappa shape index (κ2) is 7.80. The van der Waals surface area contributed by atoms with E-state index in [-0.39, 0.29) is 6.54 Å². The van der Waals surface area contributed by atoms with Gasteiger partial charge in [-0.2, -0.15) is 0 Å². The molecular weight excluding hydrogens is 328 g/mol. The van der Waals surface area contributed by atoms with Crippen LogP contribution in [0.4, 0.5) is 5.69 Å². The Balaban J connectivity index is 1.62. The van der Waals surface area contributed by atoms with Gasteiger partial charge in [0.2, 0.25) is 0 Å². The lowest BCUT2D eigenvalue weighted by Gasteiger charge is -2.14. The van der Waals surface area contributed by atoms with Crippen molar-refractivity contribution in [2.45, 2.75) is 13.0 Å². The van der Waals surface area contributed by atoms with Crippen LogP contribution in [-0.4, -0.2) is 23.5 Å². The molecule has 132 valence electrons. The first kappa shape index (κ1) is 17.6. The fourth-order valence-corrected chi connectivity index (χ4v) is 2.83. The zero-order valence-corrected chi connectivity index (χ0v) is 14.4. The van der Waals surface area contributed by atoms with Crippen molar-refractivity contribution in [3.05, 3.63) is 77.9 Å². The Hall–Kier alpha value is -3.18. The lowest BCUT2D eigenvalue weighted by Crippen LogP contribution is -2.37. The number of hydrogen-bond donors (Lipinski definition) is 3. The zero-order chi connectivity index (χ0) is 18.5. The van der Waals surface area contributed by atoms with Crippen LogP contribution in [0.1, 0.15) is 17.2 Å². The van der Waals surface area contributed by atoms with Gasteiger partial charge in [-0.15, -0.1) is 0 Å². The van der Waals surface area contributed by atoms with Gasteiger partial charge in [0.05, 0.1) is 6.10 Å². The lowest BCUT2D eigenvalue weighted by atomic mass is 10.0. The summed E-state index contributed by atoms with van der Waals surface area (Å²) >= 11 is 0. The molecule has 3 aromatic carbocycles. The number of aliphatic hydroxyl groups excluding tert-OH is 1. The van der Waals surface area contributed by atoms with Crippen molar-refractivity contribution in [2.75, 3.05) is 11.9 Å². The molecule has 3 aromatic rings. The first-order valence-corrected chi connectivity index (χ1v) is 8.36. The van der Waals surface area contributed by atoms with Gasteiger partial charge in [-0.25, -0.2) is 0 Å². The number of carbonyl (C=O) groups excluding carboxylic acids is 2. The van der Waals surface area contributed by atoms with E-state index < -0.39 is 17.9 Å². The molecule has 0 saturated carbocycles. The van der Waals surface area contributed by atoms with Crippen molar-refractivity contribution < 1.29 is 14.7 Å². The third kappa shape index (κ3) is 4.07. The molecule has 1 unspecified atom stereocenters. The minimum Gasteiger partial charge on any atom is -0.387 e. The molecule has 5 heteroatoms. The molecule has 0 aliphatic heterocycles. The van der Waals surface area contributed by atoms with Crippen molar-refractivity contribution >= 4 is 28.3 Å². The number of aryl methyl sites for hydroxylation is 1. The standard InChI is InChI=1S/C21H20N2O3/c1-14-6-4-9-16(12-14)23-21(26)20(25)22-13-19(24)18-11-5-8-15-7-2-3-10-17(15)18/h2-12,19,24H,13H2,1H3,(H,22,25)(H,23,26). The number of carbonyl (C=O) groups is 2. The number of aliphatic hydroxyl groups is 1. The monoisotopic (exact) mass is 348 g/mol. The molecule has 0 aromatic heterocycles. The van der Waals surface area contributed by atoms with Gasteiger partial charge in [0.25, 0.3) is 0 Å². The molecule has 0 spiro atoms. The topological polar surface area (TPSA) is 78.4 Å². The van der Waals surface area contributed by atoms with Gasteiger partial charge in [0, 0.05) is 12.2 Å². The summed E-state index contributed by atoms with van der Waals surface area (Å²) in [4.78, 5) is 24.0. The van der Waals surface area contributed by atoms with Crippen LogP contribution in [0, 0.1) is 6.92 Å². The van der Waals surface area contributed by atoms with E-state index in [1.165, 1.54) is 0 Å². The summed E-state index contributed by atoms with van der Waals surface area (Å²) in [6.07, 6.45) is -0.906. The molecule has 26 heavy (non-hydrogen) atoms. The molecule has 0 aliphatic carbocycles. The van der Waals surface area contributed by atoms with E-state index in [4.69, 9.17) is 0 Å². The summed E-state index contributed by atoms with van der Waals surface area (Å²) in [5.74, 6) is -1.55. The highest BCUT2D eigenvalue weighted by Gasteiger charge is 2.17. The normalized spacial score (nSPS) is 11.8. The van der Waals surface area contributed by atoms with Crippen LogP contribution in [0.2, 0.25) is 0 Å². The van der Waals surface area contributed by atoms with E-state index in [2.05, 4.69) is 10.6 Å². The van der Waals surface area contributed by atoms with Crippen molar-refractivity contribution in [3.8, 4) is 0 Å². The van der Waals surface area contributed by atoms with Crippen molar-refractivity contribution in [1.82, 2.24) is 5.32 Å². The molecule has 3 N–H and O–H groups in total. The number of rotatable bonds is 4.